The summed E-state index contributed by atoms with van der Waals surface area (Å²) < 4.78 is 0. The van der Waals surface area contributed by atoms with Crippen molar-refractivity contribution in [1.29, 1.82) is 0 Å². The lowest BCUT2D eigenvalue weighted by molar-refractivity contribution is -0.116. The zero-order valence-electron chi connectivity index (χ0n) is 11.6. The molecule has 1 aromatic carbocycles. The van der Waals surface area contributed by atoms with Crippen molar-refractivity contribution in [1.82, 2.24) is 0 Å². The third-order valence-corrected chi connectivity index (χ3v) is 3.37. The summed E-state index contributed by atoms with van der Waals surface area (Å²) in [5.74, 6) is 0.0263. The molecule has 2 rings (SSSR count). The maximum atomic E-state index is 11.8. The predicted molar refractivity (Wildman–Crippen MR) is 79.5 cm³/mol. The van der Waals surface area contributed by atoms with Gasteiger partial charge in [0.05, 0.1) is 6.42 Å². The first-order chi connectivity index (χ1) is 9.69. The molecule has 0 spiro atoms. The molecule has 0 radical (unpaired) electrons. The van der Waals surface area contributed by atoms with Crippen molar-refractivity contribution in [2.75, 3.05) is 17.2 Å². The van der Waals surface area contributed by atoms with Crippen LogP contribution in [-0.2, 0) is 16.0 Å². The Kier molecular flexibility index (Phi) is 5.12. The van der Waals surface area contributed by atoms with Crippen molar-refractivity contribution >= 4 is 23.2 Å². The number of fused-ring (bicyclic) bond motifs is 1. The van der Waals surface area contributed by atoms with Crippen molar-refractivity contribution in [2.45, 2.75) is 38.5 Å². The van der Waals surface area contributed by atoms with Crippen molar-refractivity contribution in [3.8, 4) is 0 Å². The molecule has 0 unspecified atom stereocenters. The zero-order valence-corrected chi connectivity index (χ0v) is 11.6. The number of unbranched alkanes of at least 4 members (excludes halogenated alkanes) is 3. The summed E-state index contributed by atoms with van der Waals surface area (Å²) >= 11 is 0. The van der Waals surface area contributed by atoms with Gasteiger partial charge in [-0.3, -0.25) is 9.59 Å². The first-order valence-electron chi connectivity index (χ1n) is 7.12. The first kappa shape index (κ1) is 14.5. The second-order valence-corrected chi connectivity index (χ2v) is 5.10. The van der Waals surface area contributed by atoms with Crippen molar-refractivity contribution < 1.29 is 9.59 Å². The van der Waals surface area contributed by atoms with Crippen LogP contribution < -0.4 is 16.4 Å². The van der Waals surface area contributed by atoms with Gasteiger partial charge in [0, 0.05) is 17.8 Å². The smallest absolute Gasteiger partial charge is 0.228 e. The number of anilines is 2. The predicted octanol–water partition coefficient (Wildman–Crippen LogP) is 2.03. The Morgan fingerprint density at radius 1 is 1.25 bits per heavy atom. The van der Waals surface area contributed by atoms with Crippen molar-refractivity contribution in [3.05, 3.63) is 23.8 Å². The molecule has 1 aliphatic heterocycles. The Labute approximate surface area is 118 Å². The van der Waals surface area contributed by atoms with Crippen molar-refractivity contribution in [2.24, 2.45) is 5.73 Å². The van der Waals surface area contributed by atoms with Crippen LogP contribution in [0, 0.1) is 0 Å². The Morgan fingerprint density at radius 3 is 2.85 bits per heavy atom. The fraction of sp³-hybridized carbons (Fsp3) is 0.467. The van der Waals surface area contributed by atoms with E-state index < -0.39 is 0 Å². The molecule has 0 aliphatic carbocycles. The number of carbonyl (C=O) groups excluding carboxylic acids is 2. The van der Waals surface area contributed by atoms with Crippen LogP contribution in [0.25, 0.3) is 0 Å². The van der Waals surface area contributed by atoms with E-state index in [9.17, 15) is 9.59 Å². The molecular formula is C15H21N3O2. The topological polar surface area (TPSA) is 84.2 Å². The summed E-state index contributed by atoms with van der Waals surface area (Å²) in [6, 6.07) is 5.51. The largest absolute Gasteiger partial charge is 0.330 e. The summed E-state index contributed by atoms with van der Waals surface area (Å²) in [6.45, 7) is 0.716. The van der Waals surface area contributed by atoms with E-state index in [0.29, 0.717) is 19.4 Å². The molecule has 0 saturated carbocycles. The van der Waals surface area contributed by atoms with Gasteiger partial charge in [0.25, 0.3) is 0 Å². The molecule has 5 nitrogen and oxygen atoms in total. The number of hydrogen-bond donors (Lipinski definition) is 3. The highest BCUT2D eigenvalue weighted by Crippen LogP contribution is 2.26. The second-order valence-electron chi connectivity index (χ2n) is 5.10. The van der Waals surface area contributed by atoms with E-state index in [-0.39, 0.29) is 11.8 Å². The summed E-state index contributed by atoms with van der Waals surface area (Å²) in [7, 11) is 0. The van der Waals surface area contributed by atoms with Crippen LogP contribution in [-0.4, -0.2) is 18.4 Å². The summed E-state index contributed by atoms with van der Waals surface area (Å²) in [6.07, 6.45) is 4.94. The van der Waals surface area contributed by atoms with Gasteiger partial charge >= 0.3 is 0 Å². The highest BCUT2D eigenvalue weighted by molar-refractivity contribution is 6.00. The second kappa shape index (κ2) is 7.05. The average Bonchev–Trinajstić information content (AvgIpc) is 2.78. The lowest BCUT2D eigenvalue weighted by Crippen LogP contribution is -2.11. The number of amides is 2. The molecule has 1 aromatic rings. The number of nitrogens with one attached hydrogen (secondary N) is 2. The van der Waals surface area contributed by atoms with Crippen LogP contribution in [0.15, 0.2) is 18.2 Å². The standard InChI is InChI=1S/C15H21N3O2/c16-8-4-2-1-3-5-14(19)17-12-6-7-13-11(9-12)10-15(20)18-13/h6-7,9H,1-5,8,10,16H2,(H,17,19)(H,18,20). The number of rotatable bonds is 7. The SMILES string of the molecule is NCCCCCCC(=O)Nc1ccc2c(c1)CC(=O)N2. The molecule has 2 amide bonds. The van der Waals surface area contributed by atoms with Gasteiger partial charge in [0.1, 0.15) is 0 Å². The molecule has 108 valence electrons. The number of benzene rings is 1. The molecule has 0 fully saturated rings. The minimum absolute atomic E-state index is 0.00313. The lowest BCUT2D eigenvalue weighted by atomic mass is 10.1. The minimum Gasteiger partial charge on any atom is -0.330 e. The third-order valence-electron chi connectivity index (χ3n) is 3.37. The maximum Gasteiger partial charge on any atom is 0.228 e. The number of carbonyl (C=O) groups is 2. The van der Waals surface area contributed by atoms with Gasteiger partial charge in [0.2, 0.25) is 11.8 Å². The van der Waals surface area contributed by atoms with Crippen molar-refractivity contribution in [3.63, 3.8) is 0 Å². The number of hydrogen-bond acceptors (Lipinski definition) is 3. The van der Waals surface area contributed by atoms with Crippen LogP contribution in [0.1, 0.15) is 37.7 Å². The highest BCUT2D eigenvalue weighted by atomic mass is 16.2. The van der Waals surface area contributed by atoms with Gasteiger partial charge in [-0.25, -0.2) is 0 Å². The highest BCUT2D eigenvalue weighted by Gasteiger charge is 2.17. The van der Waals surface area contributed by atoms with Gasteiger partial charge in [0.15, 0.2) is 0 Å². The fourth-order valence-electron chi connectivity index (χ4n) is 2.31. The Balaban J connectivity index is 1.77. The van der Waals surface area contributed by atoms with Gasteiger partial charge in [-0.2, -0.15) is 0 Å². The lowest BCUT2D eigenvalue weighted by Gasteiger charge is -2.07. The van der Waals surface area contributed by atoms with E-state index >= 15 is 0 Å². The summed E-state index contributed by atoms with van der Waals surface area (Å²) in [4.78, 5) is 23.0. The monoisotopic (exact) mass is 275 g/mol. The van der Waals surface area contributed by atoms with Crippen LogP contribution in [0.2, 0.25) is 0 Å². The normalized spacial score (nSPS) is 12.9. The molecule has 1 aliphatic rings. The Hall–Kier alpha value is -1.88. The first-order valence-corrected chi connectivity index (χ1v) is 7.12. The van der Waals surface area contributed by atoms with Crippen LogP contribution in [0.3, 0.4) is 0 Å². The van der Waals surface area contributed by atoms with Crippen LogP contribution in [0.4, 0.5) is 11.4 Å². The number of nitrogens with two attached hydrogens (primary N) is 1. The average molecular weight is 275 g/mol. The third kappa shape index (κ3) is 4.06. The van der Waals surface area contributed by atoms with E-state index in [2.05, 4.69) is 10.6 Å². The van der Waals surface area contributed by atoms with Gasteiger partial charge in [-0.1, -0.05) is 12.8 Å². The van der Waals surface area contributed by atoms with E-state index in [1.165, 1.54) is 0 Å². The van der Waals surface area contributed by atoms with E-state index in [1.54, 1.807) is 0 Å². The summed E-state index contributed by atoms with van der Waals surface area (Å²) in [5.41, 5.74) is 7.96. The zero-order chi connectivity index (χ0) is 14.4. The maximum absolute atomic E-state index is 11.8. The minimum atomic E-state index is 0.00313. The molecule has 4 N–H and O–H groups in total. The van der Waals surface area contributed by atoms with Gasteiger partial charge in [-0.05, 0) is 43.1 Å². The fourth-order valence-corrected chi connectivity index (χ4v) is 2.31. The Morgan fingerprint density at radius 2 is 2.05 bits per heavy atom. The Bertz CT molecular complexity index is 500. The van der Waals surface area contributed by atoms with Gasteiger partial charge in [-0.15, -0.1) is 0 Å². The van der Waals surface area contributed by atoms with Crippen LogP contribution in [0.5, 0.6) is 0 Å². The van der Waals surface area contributed by atoms with Gasteiger partial charge < -0.3 is 16.4 Å². The summed E-state index contributed by atoms with van der Waals surface area (Å²) in [5, 5.41) is 5.64. The molecule has 5 heteroatoms. The molecular weight excluding hydrogens is 254 g/mol. The van der Waals surface area contributed by atoms with E-state index in [1.807, 2.05) is 18.2 Å². The van der Waals surface area contributed by atoms with E-state index in [4.69, 9.17) is 5.73 Å². The molecule has 0 bridgehead atoms. The quantitative estimate of drug-likeness (QED) is 0.666. The van der Waals surface area contributed by atoms with E-state index in [0.717, 1.165) is 42.6 Å². The molecule has 0 atom stereocenters. The molecule has 0 aromatic heterocycles. The van der Waals surface area contributed by atoms with Crippen LogP contribution >= 0.6 is 0 Å². The molecule has 1 heterocycles. The molecule has 0 saturated heterocycles. The molecule has 20 heavy (non-hydrogen) atoms.